The van der Waals surface area contributed by atoms with E-state index < -0.39 is 5.82 Å². The molecule has 1 aromatic rings. The van der Waals surface area contributed by atoms with Crippen molar-refractivity contribution < 1.29 is 9.18 Å². The number of hydrogen-bond donors (Lipinski definition) is 0. The van der Waals surface area contributed by atoms with Gasteiger partial charge in [-0.05, 0) is 41.9 Å². The zero-order valence-corrected chi connectivity index (χ0v) is 12.9. The molecule has 0 atom stereocenters. The molecule has 17 heavy (non-hydrogen) atoms. The highest BCUT2D eigenvalue weighted by Gasteiger charge is 2.21. The quantitative estimate of drug-likeness (QED) is 0.741. The summed E-state index contributed by atoms with van der Waals surface area (Å²) in [5, 5.41) is 0.673. The van der Waals surface area contributed by atoms with Crippen LogP contribution in [-0.2, 0) is 0 Å². The molecule has 0 saturated heterocycles. The summed E-state index contributed by atoms with van der Waals surface area (Å²) in [6, 6.07) is 4.79. The summed E-state index contributed by atoms with van der Waals surface area (Å²) in [4.78, 5) is 13.8. The lowest BCUT2D eigenvalue weighted by atomic mass is 10.1. The van der Waals surface area contributed by atoms with E-state index in [-0.39, 0.29) is 17.5 Å². The SMILES string of the molecule is CC(C)N(CCBr)C(=O)c1cccc(Br)c1F. The van der Waals surface area contributed by atoms with Crippen molar-refractivity contribution in [3.63, 3.8) is 0 Å². The van der Waals surface area contributed by atoms with Crippen molar-refractivity contribution in [1.82, 2.24) is 4.90 Å². The number of amides is 1. The highest BCUT2D eigenvalue weighted by Crippen LogP contribution is 2.20. The summed E-state index contributed by atoms with van der Waals surface area (Å²) >= 11 is 6.38. The minimum Gasteiger partial charge on any atom is -0.335 e. The maximum atomic E-state index is 13.8. The zero-order valence-electron chi connectivity index (χ0n) is 9.71. The fraction of sp³-hybridized carbons (Fsp3) is 0.417. The predicted octanol–water partition coefficient (Wildman–Crippen LogP) is 3.83. The lowest BCUT2D eigenvalue weighted by Gasteiger charge is -2.26. The van der Waals surface area contributed by atoms with Gasteiger partial charge in [0.05, 0.1) is 10.0 Å². The van der Waals surface area contributed by atoms with Gasteiger partial charge in [0.1, 0.15) is 5.82 Å². The van der Waals surface area contributed by atoms with Gasteiger partial charge in [-0.3, -0.25) is 4.79 Å². The van der Waals surface area contributed by atoms with Crippen LogP contribution in [0.3, 0.4) is 0 Å². The van der Waals surface area contributed by atoms with Crippen LogP contribution in [0.1, 0.15) is 24.2 Å². The largest absolute Gasteiger partial charge is 0.335 e. The van der Waals surface area contributed by atoms with Crippen LogP contribution in [0.25, 0.3) is 0 Å². The zero-order chi connectivity index (χ0) is 13.0. The maximum Gasteiger partial charge on any atom is 0.257 e. The first-order chi connectivity index (χ1) is 7.99. The Kier molecular flexibility index (Phi) is 5.59. The molecule has 0 fully saturated rings. The van der Waals surface area contributed by atoms with Crippen LogP contribution >= 0.6 is 31.9 Å². The molecule has 1 aromatic carbocycles. The number of rotatable bonds is 4. The average Bonchev–Trinajstić information content (AvgIpc) is 2.28. The molecule has 1 rings (SSSR count). The van der Waals surface area contributed by atoms with E-state index in [1.807, 2.05) is 13.8 Å². The van der Waals surface area contributed by atoms with Crippen LogP contribution in [0, 0.1) is 5.82 Å². The van der Waals surface area contributed by atoms with Crippen LogP contribution in [0.2, 0.25) is 0 Å². The summed E-state index contributed by atoms with van der Waals surface area (Å²) < 4.78 is 14.1. The van der Waals surface area contributed by atoms with Crippen LogP contribution < -0.4 is 0 Å². The molecule has 5 heteroatoms. The standard InChI is InChI=1S/C12H14Br2FNO/c1-8(2)16(7-6-13)12(17)9-4-3-5-10(14)11(9)15/h3-5,8H,6-7H2,1-2H3. The Morgan fingerprint density at radius 1 is 1.47 bits per heavy atom. The molecule has 1 amide bonds. The lowest BCUT2D eigenvalue weighted by molar-refractivity contribution is 0.0714. The second kappa shape index (κ2) is 6.50. The van der Waals surface area contributed by atoms with Crippen molar-refractivity contribution in [3.05, 3.63) is 34.1 Å². The molecule has 0 aromatic heterocycles. The van der Waals surface area contributed by atoms with Crippen molar-refractivity contribution in [2.24, 2.45) is 0 Å². The normalized spacial score (nSPS) is 10.7. The van der Waals surface area contributed by atoms with E-state index in [9.17, 15) is 9.18 Å². The Hall–Kier alpha value is -0.420. The third-order valence-corrected chi connectivity index (χ3v) is 3.36. The second-order valence-electron chi connectivity index (χ2n) is 3.88. The van der Waals surface area contributed by atoms with Crippen LogP contribution in [0.5, 0.6) is 0 Å². The lowest BCUT2D eigenvalue weighted by Crippen LogP contribution is -2.38. The van der Waals surface area contributed by atoms with Gasteiger partial charge in [0.25, 0.3) is 5.91 Å². The van der Waals surface area contributed by atoms with E-state index in [0.29, 0.717) is 16.3 Å². The van der Waals surface area contributed by atoms with E-state index in [1.165, 1.54) is 6.07 Å². The Morgan fingerprint density at radius 3 is 2.65 bits per heavy atom. The maximum absolute atomic E-state index is 13.8. The molecule has 0 saturated carbocycles. The van der Waals surface area contributed by atoms with Gasteiger partial charge in [-0.1, -0.05) is 22.0 Å². The van der Waals surface area contributed by atoms with E-state index in [2.05, 4.69) is 31.9 Å². The Morgan fingerprint density at radius 2 is 2.12 bits per heavy atom. The van der Waals surface area contributed by atoms with Gasteiger partial charge >= 0.3 is 0 Å². The number of nitrogens with zero attached hydrogens (tertiary/aromatic N) is 1. The van der Waals surface area contributed by atoms with Gasteiger partial charge in [-0.15, -0.1) is 0 Å². The van der Waals surface area contributed by atoms with E-state index in [0.717, 1.165) is 0 Å². The summed E-state index contributed by atoms with van der Waals surface area (Å²) in [5.74, 6) is -0.782. The van der Waals surface area contributed by atoms with Gasteiger partial charge in [-0.2, -0.15) is 0 Å². The molecule has 0 aliphatic heterocycles. The van der Waals surface area contributed by atoms with Crippen LogP contribution in [-0.4, -0.2) is 28.7 Å². The minimum atomic E-state index is -0.502. The number of halogens is 3. The molecule has 0 heterocycles. The van der Waals surface area contributed by atoms with Crippen molar-refractivity contribution in [2.75, 3.05) is 11.9 Å². The van der Waals surface area contributed by atoms with Crippen molar-refractivity contribution in [3.8, 4) is 0 Å². The molecular weight excluding hydrogens is 353 g/mol. The third kappa shape index (κ3) is 3.52. The Labute approximate surface area is 117 Å². The average molecular weight is 367 g/mol. The van der Waals surface area contributed by atoms with Crippen LogP contribution in [0.4, 0.5) is 4.39 Å². The first kappa shape index (κ1) is 14.6. The fourth-order valence-electron chi connectivity index (χ4n) is 1.51. The molecule has 0 unspecified atom stereocenters. The summed E-state index contributed by atoms with van der Waals surface area (Å²) in [6.07, 6.45) is 0. The predicted molar refractivity (Wildman–Crippen MR) is 74.1 cm³/mol. The summed E-state index contributed by atoms with van der Waals surface area (Å²) in [7, 11) is 0. The van der Waals surface area contributed by atoms with E-state index in [4.69, 9.17) is 0 Å². The Balaban J connectivity index is 3.05. The van der Waals surface area contributed by atoms with E-state index in [1.54, 1.807) is 17.0 Å². The molecule has 0 bridgehead atoms. The van der Waals surface area contributed by atoms with Crippen molar-refractivity contribution in [1.29, 1.82) is 0 Å². The molecule has 0 N–H and O–H groups in total. The molecule has 94 valence electrons. The third-order valence-electron chi connectivity index (χ3n) is 2.39. The topological polar surface area (TPSA) is 20.3 Å². The Bertz CT molecular complexity index is 409. The summed E-state index contributed by atoms with van der Waals surface area (Å²) in [6.45, 7) is 4.38. The monoisotopic (exact) mass is 365 g/mol. The number of carbonyl (C=O) groups excluding carboxylic acids is 1. The highest BCUT2D eigenvalue weighted by atomic mass is 79.9. The first-order valence-electron chi connectivity index (χ1n) is 5.30. The van der Waals surface area contributed by atoms with E-state index >= 15 is 0 Å². The second-order valence-corrected chi connectivity index (χ2v) is 5.53. The smallest absolute Gasteiger partial charge is 0.257 e. The van der Waals surface area contributed by atoms with Crippen molar-refractivity contribution >= 4 is 37.8 Å². The molecule has 2 nitrogen and oxygen atoms in total. The van der Waals surface area contributed by atoms with Gasteiger partial charge in [0.2, 0.25) is 0 Å². The molecule has 0 radical (unpaired) electrons. The fourth-order valence-corrected chi connectivity index (χ4v) is 2.26. The summed E-state index contributed by atoms with van der Waals surface area (Å²) in [5.41, 5.74) is 0.106. The number of alkyl halides is 1. The highest BCUT2D eigenvalue weighted by molar-refractivity contribution is 9.10. The van der Waals surface area contributed by atoms with Gasteiger partial charge < -0.3 is 4.90 Å². The number of carbonyl (C=O) groups is 1. The van der Waals surface area contributed by atoms with Gasteiger partial charge in [0.15, 0.2) is 0 Å². The van der Waals surface area contributed by atoms with Gasteiger partial charge in [0, 0.05) is 17.9 Å². The first-order valence-corrected chi connectivity index (χ1v) is 7.21. The molecule has 0 aliphatic carbocycles. The molecular formula is C12H14Br2FNO. The van der Waals surface area contributed by atoms with Crippen LogP contribution in [0.15, 0.2) is 22.7 Å². The van der Waals surface area contributed by atoms with Gasteiger partial charge in [-0.25, -0.2) is 4.39 Å². The molecule has 0 aliphatic rings. The number of benzene rings is 1. The number of hydrogen-bond acceptors (Lipinski definition) is 1. The molecule has 0 spiro atoms. The van der Waals surface area contributed by atoms with Crippen molar-refractivity contribution in [2.45, 2.75) is 19.9 Å². The minimum absolute atomic E-state index is 0.0402.